The first kappa shape index (κ1) is 27.8. The Balaban J connectivity index is 2.00. The van der Waals surface area contributed by atoms with Gasteiger partial charge >= 0.3 is 12.2 Å². The Labute approximate surface area is 219 Å². The smallest absolute Gasteiger partial charge is 0.412 e. The lowest BCUT2D eigenvalue weighted by Crippen LogP contribution is -2.60. The molecule has 0 unspecified atom stereocenters. The number of rotatable bonds is 7. The minimum Gasteiger partial charge on any atom is -0.484 e. The number of amides is 2. The highest BCUT2D eigenvalue weighted by Crippen LogP contribution is 2.39. The van der Waals surface area contributed by atoms with E-state index in [0.29, 0.717) is 5.90 Å². The molecule has 0 aliphatic carbocycles. The average Bonchev–Trinajstić information content (AvgIpc) is 2.89. The highest BCUT2D eigenvalue weighted by Gasteiger charge is 2.49. The minimum atomic E-state index is -0.604. The fourth-order valence-corrected chi connectivity index (χ4v) is 4.50. The molecule has 1 heterocycles. The highest BCUT2D eigenvalue weighted by atomic mass is 16.6. The third kappa shape index (κ3) is 6.90. The first-order valence-corrected chi connectivity index (χ1v) is 12.4. The molecule has 0 saturated carbocycles. The number of carbonyl (C=O) groups is 2. The third-order valence-electron chi connectivity index (χ3n) is 6.28. The molecule has 0 radical (unpaired) electrons. The number of hydrogen-bond acceptors (Lipinski definition) is 6. The molecule has 4 atom stereocenters. The Morgan fingerprint density at radius 2 is 1.70 bits per heavy atom. The van der Waals surface area contributed by atoms with E-state index < -0.39 is 41.8 Å². The number of hydrogen-bond donors (Lipinski definition) is 1. The largest absolute Gasteiger partial charge is 0.484 e. The summed E-state index contributed by atoms with van der Waals surface area (Å²) in [6.45, 7) is 11.8. The van der Waals surface area contributed by atoms with E-state index in [1.54, 1.807) is 12.0 Å². The lowest BCUT2D eigenvalue weighted by atomic mass is 9.82. The third-order valence-corrected chi connectivity index (χ3v) is 6.28. The molecule has 0 bridgehead atoms. The van der Waals surface area contributed by atoms with Crippen molar-refractivity contribution in [3.8, 4) is 0 Å². The number of nitrogens with zero attached hydrogens (tertiary/aromatic N) is 2. The van der Waals surface area contributed by atoms with Crippen LogP contribution in [0.5, 0.6) is 0 Å². The lowest BCUT2D eigenvalue weighted by Gasteiger charge is -2.48. The van der Waals surface area contributed by atoms with E-state index >= 15 is 0 Å². The molecule has 37 heavy (non-hydrogen) atoms. The quantitative estimate of drug-likeness (QED) is 0.485. The van der Waals surface area contributed by atoms with Crippen LogP contribution in [0.3, 0.4) is 0 Å². The fourth-order valence-electron chi connectivity index (χ4n) is 4.50. The number of carbonyl (C=O) groups excluding carboxylic acids is 2. The Hall–Kier alpha value is -3.81. The van der Waals surface area contributed by atoms with Gasteiger partial charge in [-0.2, -0.15) is 0 Å². The summed E-state index contributed by atoms with van der Waals surface area (Å²) in [7, 11) is 1.56. The Morgan fingerprint density at radius 3 is 2.27 bits per heavy atom. The number of alkyl carbamates (subject to hydrolysis) is 1. The molecule has 1 aliphatic heterocycles. The molecule has 1 N–H and O–H groups in total. The van der Waals surface area contributed by atoms with E-state index in [1.807, 2.05) is 88.4 Å². The Bertz CT molecular complexity index is 1080. The molecule has 0 saturated heterocycles. The van der Waals surface area contributed by atoms with E-state index in [9.17, 15) is 9.59 Å². The van der Waals surface area contributed by atoms with Gasteiger partial charge in [0.25, 0.3) is 0 Å². The van der Waals surface area contributed by atoms with Crippen LogP contribution in [0.25, 0.3) is 0 Å². The van der Waals surface area contributed by atoms with Crippen molar-refractivity contribution < 1.29 is 23.8 Å². The topological polar surface area (TPSA) is 89.5 Å². The van der Waals surface area contributed by atoms with E-state index in [2.05, 4.69) is 11.9 Å². The predicted octanol–water partition coefficient (Wildman–Crippen LogP) is 5.71. The summed E-state index contributed by atoms with van der Waals surface area (Å²) in [5.74, 6) is -0.0658. The lowest BCUT2D eigenvalue weighted by molar-refractivity contribution is 0.0121. The predicted molar refractivity (Wildman–Crippen MR) is 143 cm³/mol. The molecule has 8 heteroatoms. The van der Waals surface area contributed by atoms with Crippen molar-refractivity contribution in [1.29, 1.82) is 0 Å². The van der Waals surface area contributed by atoms with Crippen molar-refractivity contribution in [2.75, 3.05) is 13.7 Å². The van der Waals surface area contributed by atoms with Gasteiger partial charge in [0.2, 0.25) is 0 Å². The second-order valence-corrected chi connectivity index (χ2v) is 10.0. The van der Waals surface area contributed by atoms with Gasteiger partial charge in [0, 0.05) is 11.5 Å². The molecule has 198 valence electrons. The molecule has 2 aromatic rings. The van der Waals surface area contributed by atoms with Gasteiger partial charge in [0.15, 0.2) is 5.90 Å². The molecule has 1 aliphatic rings. The summed E-state index contributed by atoms with van der Waals surface area (Å²) < 4.78 is 16.8. The van der Waals surface area contributed by atoms with Gasteiger partial charge in [-0.05, 0) is 18.1 Å². The van der Waals surface area contributed by atoms with Crippen LogP contribution in [0.1, 0.15) is 44.9 Å². The summed E-state index contributed by atoms with van der Waals surface area (Å²) in [5, 5.41) is 2.95. The molecule has 0 aromatic heterocycles. The van der Waals surface area contributed by atoms with E-state index in [-0.39, 0.29) is 13.2 Å². The molecule has 2 aromatic carbocycles. The maximum atomic E-state index is 13.6. The molecular weight excluding hydrogens is 470 g/mol. The van der Waals surface area contributed by atoms with Crippen LogP contribution < -0.4 is 5.32 Å². The van der Waals surface area contributed by atoms with Crippen molar-refractivity contribution in [2.45, 2.75) is 52.6 Å². The van der Waals surface area contributed by atoms with Crippen LogP contribution >= 0.6 is 0 Å². The van der Waals surface area contributed by atoms with Crippen molar-refractivity contribution in [2.24, 2.45) is 16.3 Å². The molecule has 2 amide bonds. The zero-order valence-electron chi connectivity index (χ0n) is 22.2. The zero-order valence-corrected chi connectivity index (χ0v) is 22.2. The highest BCUT2D eigenvalue weighted by molar-refractivity contribution is 5.84. The Morgan fingerprint density at radius 1 is 1.08 bits per heavy atom. The van der Waals surface area contributed by atoms with Crippen molar-refractivity contribution in [1.82, 2.24) is 10.2 Å². The molecular formula is C29H37N3O5. The van der Waals surface area contributed by atoms with Gasteiger partial charge < -0.3 is 19.5 Å². The first-order chi connectivity index (χ1) is 17.7. The molecule has 3 rings (SSSR count). The van der Waals surface area contributed by atoms with Gasteiger partial charge in [0.05, 0.1) is 19.1 Å². The second kappa shape index (κ2) is 12.4. The van der Waals surface area contributed by atoms with Crippen molar-refractivity contribution in [3.63, 3.8) is 0 Å². The summed E-state index contributed by atoms with van der Waals surface area (Å²) in [6.07, 6.45) is -0.129. The van der Waals surface area contributed by atoms with Crippen LogP contribution in [-0.4, -0.2) is 48.9 Å². The molecule has 8 nitrogen and oxygen atoms in total. The van der Waals surface area contributed by atoms with Gasteiger partial charge in [-0.3, -0.25) is 4.90 Å². The van der Waals surface area contributed by atoms with Gasteiger partial charge in [0.1, 0.15) is 19.4 Å². The van der Waals surface area contributed by atoms with Gasteiger partial charge in [-0.25, -0.2) is 14.6 Å². The number of ether oxygens (including phenoxy) is 3. The summed E-state index contributed by atoms with van der Waals surface area (Å²) >= 11 is 0. The van der Waals surface area contributed by atoms with Crippen molar-refractivity contribution >= 4 is 18.1 Å². The van der Waals surface area contributed by atoms with Crippen LogP contribution in [-0.2, 0) is 20.8 Å². The fraction of sp³-hybridized carbons (Fsp3) is 0.414. The number of nitrogens with one attached hydrogen (secondary N) is 1. The molecule has 0 spiro atoms. The minimum absolute atomic E-state index is 0.0722. The first-order valence-electron chi connectivity index (χ1n) is 12.4. The van der Waals surface area contributed by atoms with Crippen LogP contribution in [0.4, 0.5) is 9.59 Å². The molecule has 0 fully saturated rings. The van der Waals surface area contributed by atoms with Gasteiger partial charge in [-0.15, -0.1) is 0 Å². The maximum absolute atomic E-state index is 13.6. The van der Waals surface area contributed by atoms with Crippen molar-refractivity contribution in [3.05, 3.63) is 84.4 Å². The normalized spacial score (nSPS) is 20.3. The van der Waals surface area contributed by atoms with E-state index in [1.165, 1.54) is 6.08 Å². The van der Waals surface area contributed by atoms with Crippen LogP contribution in [0, 0.1) is 11.3 Å². The maximum Gasteiger partial charge on any atom is 0.412 e. The monoisotopic (exact) mass is 507 g/mol. The average molecular weight is 508 g/mol. The van der Waals surface area contributed by atoms with E-state index in [0.717, 1.165) is 11.1 Å². The van der Waals surface area contributed by atoms with Crippen LogP contribution in [0.2, 0.25) is 0 Å². The number of aliphatic imine (C=N–C) groups is 1. The SMILES string of the molecule is C=CCOC(=O)N[C@H](c1ccccc1)[C@@H]1C(OC)=N[C@@H](C(C)(C)C)N(C(=O)OCc2ccccc2)[C@H]1C. The Kier molecular flexibility index (Phi) is 9.33. The van der Waals surface area contributed by atoms with Gasteiger partial charge in [-0.1, -0.05) is 94.1 Å². The zero-order chi connectivity index (χ0) is 27.0. The standard InChI is InChI=1S/C29H37N3O5/c1-7-18-36-27(33)30-24(22-16-12-9-13-17-22)23-20(2)32(26(29(3,4)5)31-25(23)35-6)28(34)37-19-21-14-10-8-11-15-21/h7-17,20,23-24,26H,1,18-19H2,2-6H3,(H,30,33)/t20-,23+,24+,26+/m0/s1. The van der Waals surface area contributed by atoms with Crippen LogP contribution in [0.15, 0.2) is 78.3 Å². The number of benzene rings is 2. The summed E-state index contributed by atoms with van der Waals surface area (Å²) in [6, 6.07) is 18.0. The second-order valence-electron chi connectivity index (χ2n) is 10.0. The summed E-state index contributed by atoms with van der Waals surface area (Å²) in [5.41, 5.74) is 1.30. The van der Waals surface area contributed by atoms with E-state index in [4.69, 9.17) is 19.2 Å². The summed E-state index contributed by atoms with van der Waals surface area (Å²) in [4.78, 5) is 32.8. The number of methoxy groups -OCH3 is 1.